The maximum atomic E-state index is 5.89. The van der Waals surface area contributed by atoms with Crippen molar-refractivity contribution in [2.45, 2.75) is 63.1 Å². The number of benzene rings is 1. The first-order valence-corrected chi connectivity index (χ1v) is 8.43. The molecule has 0 nitrogen and oxygen atoms in total. The minimum Gasteiger partial charge on any atom is -0.0843 e. The van der Waals surface area contributed by atoms with Gasteiger partial charge in [0.25, 0.3) is 0 Å². The molecule has 1 aromatic carbocycles. The summed E-state index contributed by atoms with van der Waals surface area (Å²) in [5.74, 6) is 0. The SMILES string of the molecule is CCCCCCCCCC(Br)c1ccc(Cl)cc1. The third-order valence-corrected chi connectivity index (χ3v) is 4.53. The van der Waals surface area contributed by atoms with Gasteiger partial charge in [0.2, 0.25) is 0 Å². The predicted molar refractivity (Wildman–Crippen MR) is 85.7 cm³/mol. The topological polar surface area (TPSA) is 0 Å². The quantitative estimate of drug-likeness (QED) is 0.340. The highest BCUT2D eigenvalue weighted by Crippen LogP contribution is 2.29. The average Bonchev–Trinajstić information content (AvgIpc) is 2.38. The fourth-order valence-electron chi connectivity index (χ4n) is 2.12. The van der Waals surface area contributed by atoms with Gasteiger partial charge < -0.3 is 0 Å². The van der Waals surface area contributed by atoms with E-state index in [1.165, 1.54) is 56.9 Å². The van der Waals surface area contributed by atoms with E-state index in [0.717, 1.165) is 5.02 Å². The third-order valence-electron chi connectivity index (χ3n) is 3.29. The van der Waals surface area contributed by atoms with E-state index in [1.54, 1.807) is 0 Å². The van der Waals surface area contributed by atoms with Gasteiger partial charge in [0.1, 0.15) is 0 Å². The van der Waals surface area contributed by atoms with Gasteiger partial charge in [-0.2, -0.15) is 0 Å². The lowest BCUT2D eigenvalue weighted by atomic mass is 10.0. The van der Waals surface area contributed by atoms with Crippen molar-refractivity contribution in [2.24, 2.45) is 0 Å². The second kappa shape index (κ2) is 9.86. The normalized spacial score (nSPS) is 12.6. The summed E-state index contributed by atoms with van der Waals surface area (Å²) in [6, 6.07) is 8.16. The molecule has 0 saturated carbocycles. The van der Waals surface area contributed by atoms with Crippen LogP contribution in [0.2, 0.25) is 5.02 Å². The van der Waals surface area contributed by atoms with Crippen LogP contribution in [0.3, 0.4) is 0 Å². The average molecular weight is 332 g/mol. The Hall–Kier alpha value is -0.0100. The summed E-state index contributed by atoms with van der Waals surface area (Å²) in [4.78, 5) is 0.477. The first kappa shape index (κ1) is 16.0. The Kier molecular flexibility index (Phi) is 8.79. The molecule has 1 aromatic rings. The molecule has 0 aromatic heterocycles. The van der Waals surface area contributed by atoms with Crippen LogP contribution in [0.5, 0.6) is 0 Å². The van der Waals surface area contributed by atoms with Crippen molar-refractivity contribution in [3.63, 3.8) is 0 Å². The first-order chi connectivity index (χ1) is 8.74. The second-order valence-corrected chi connectivity index (χ2v) is 6.47. The molecule has 0 radical (unpaired) electrons. The number of rotatable bonds is 9. The molecule has 1 rings (SSSR count). The lowest BCUT2D eigenvalue weighted by molar-refractivity contribution is 0.574. The van der Waals surface area contributed by atoms with Gasteiger partial charge in [0.15, 0.2) is 0 Å². The van der Waals surface area contributed by atoms with E-state index in [1.807, 2.05) is 12.1 Å². The molecular formula is C16H24BrCl. The minimum atomic E-state index is 0.477. The van der Waals surface area contributed by atoms with Crippen LogP contribution < -0.4 is 0 Å². The van der Waals surface area contributed by atoms with Crippen LogP contribution in [0.25, 0.3) is 0 Å². The Balaban J connectivity index is 2.10. The summed E-state index contributed by atoms with van der Waals surface area (Å²) in [6.07, 6.45) is 10.8. The maximum Gasteiger partial charge on any atom is 0.0406 e. The largest absolute Gasteiger partial charge is 0.0843 e. The van der Waals surface area contributed by atoms with E-state index in [4.69, 9.17) is 11.6 Å². The maximum absolute atomic E-state index is 5.89. The van der Waals surface area contributed by atoms with Crippen LogP contribution >= 0.6 is 27.5 Å². The van der Waals surface area contributed by atoms with Gasteiger partial charge in [-0.25, -0.2) is 0 Å². The highest BCUT2D eigenvalue weighted by molar-refractivity contribution is 9.09. The van der Waals surface area contributed by atoms with Gasteiger partial charge in [0, 0.05) is 9.85 Å². The molecule has 0 spiro atoms. The molecule has 1 unspecified atom stereocenters. The molecule has 18 heavy (non-hydrogen) atoms. The molecule has 0 fully saturated rings. The van der Waals surface area contributed by atoms with E-state index >= 15 is 0 Å². The van der Waals surface area contributed by atoms with Gasteiger partial charge in [0.05, 0.1) is 0 Å². The number of hydrogen-bond donors (Lipinski definition) is 0. The van der Waals surface area contributed by atoms with Crippen molar-refractivity contribution >= 4 is 27.5 Å². The number of halogens is 2. The third kappa shape index (κ3) is 6.80. The highest BCUT2D eigenvalue weighted by Gasteiger charge is 2.06. The zero-order valence-electron chi connectivity index (χ0n) is 11.3. The Morgan fingerprint density at radius 1 is 0.944 bits per heavy atom. The lowest BCUT2D eigenvalue weighted by Gasteiger charge is -2.10. The summed E-state index contributed by atoms with van der Waals surface area (Å²) in [6.45, 7) is 2.27. The Labute approximate surface area is 125 Å². The van der Waals surface area contributed by atoms with Crippen molar-refractivity contribution in [1.82, 2.24) is 0 Å². The van der Waals surface area contributed by atoms with Crippen LogP contribution in [0, 0.1) is 0 Å². The molecule has 0 aliphatic rings. The summed E-state index contributed by atoms with van der Waals surface area (Å²) in [7, 11) is 0. The smallest absolute Gasteiger partial charge is 0.0406 e. The highest BCUT2D eigenvalue weighted by atomic mass is 79.9. The van der Waals surface area contributed by atoms with Gasteiger partial charge in [-0.05, 0) is 24.1 Å². The van der Waals surface area contributed by atoms with Crippen LogP contribution in [0.1, 0.15) is 68.7 Å². The Morgan fingerprint density at radius 3 is 2.11 bits per heavy atom. The number of unbranched alkanes of at least 4 members (excludes halogenated alkanes) is 6. The van der Waals surface area contributed by atoms with E-state index < -0.39 is 0 Å². The Bertz CT molecular complexity index is 307. The molecular weight excluding hydrogens is 308 g/mol. The van der Waals surface area contributed by atoms with Crippen molar-refractivity contribution in [2.75, 3.05) is 0 Å². The lowest BCUT2D eigenvalue weighted by Crippen LogP contribution is -1.90. The molecule has 2 heteroatoms. The van der Waals surface area contributed by atoms with E-state index in [2.05, 4.69) is 35.0 Å². The van der Waals surface area contributed by atoms with Crippen molar-refractivity contribution in [3.8, 4) is 0 Å². The molecule has 0 aliphatic carbocycles. The van der Waals surface area contributed by atoms with Crippen LogP contribution in [-0.4, -0.2) is 0 Å². The molecule has 0 aliphatic heterocycles. The summed E-state index contributed by atoms with van der Waals surface area (Å²) in [5.41, 5.74) is 1.34. The fourth-order valence-corrected chi connectivity index (χ4v) is 2.87. The second-order valence-electron chi connectivity index (χ2n) is 4.93. The zero-order valence-corrected chi connectivity index (χ0v) is 13.6. The number of alkyl halides is 1. The monoisotopic (exact) mass is 330 g/mol. The Morgan fingerprint density at radius 2 is 1.50 bits per heavy atom. The number of hydrogen-bond acceptors (Lipinski definition) is 0. The van der Waals surface area contributed by atoms with Crippen molar-refractivity contribution in [3.05, 3.63) is 34.9 Å². The van der Waals surface area contributed by atoms with E-state index in [-0.39, 0.29) is 0 Å². The summed E-state index contributed by atoms with van der Waals surface area (Å²) < 4.78 is 0. The van der Waals surface area contributed by atoms with Gasteiger partial charge in [-0.1, -0.05) is 91.5 Å². The zero-order chi connectivity index (χ0) is 13.2. The van der Waals surface area contributed by atoms with Crippen LogP contribution in [-0.2, 0) is 0 Å². The summed E-state index contributed by atoms with van der Waals surface area (Å²) >= 11 is 9.65. The first-order valence-electron chi connectivity index (χ1n) is 7.13. The van der Waals surface area contributed by atoms with Gasteiger partial charge >= 0.3 is 0 Å². The van der Waals surface area contributed by atoms with Crippen molar-refractivity contribution < 1.29 is 0 Å². The minimum absolute atomic E-state index is 0.477. The molecule has 0 N–H and O–H groups in total. The van der Waals surface area contributed by atoms with Crippen LogP contribution in [0.15, 0.2) is 24.3 Å². The summed E-state index contributed by atoms with van der Waals surface area (Å²) in [5, 5.41) is 0.814. The predicted octanol–water partition coefficient (Wildman–Crippen LogP) is 6.92. The molecule has 102 valence electrons. The molecule has 0 saturated heterocycles. The van der Waals surface area contributed by atoms with E-state index in [9.17, 15) is 0 Å². The molecule has 0 bridgehead atoms. The van der Waals surface area contributed by atoms with Gasteiger partial charge in [-0.3, -0.25) is 0 Å². The van der Waals surface area contributed by atoms with Crippen LogP contribution in [0.4, 0.5) is 0 Å². The standard InChI is InChI=1S/C16H24BrCl/c1-2-3-4-5-6-7-8-9-16(17)14-10-12-15(18)13-11-14/h10-13,16H,2-9H2,1H3. The van der Waals surface area contributed by atoms with Crippen molar-refractivity contribution in [1.29, 1.82) is 0 Å². The molecule has 0 amide bonds. The van der Waals surface area contributed by atoms with Gasteiger partial charge in [-0.15, -0.1) is 0 Å². The molecule has 0 heterocycles. The molecule has 1 atom stereocenters. The fraction of sp³-hybridized carbons (Fsp3) is 0.625. The van der Waals surface area contributed by atoms with E-state index in [0.29, 0.717) is 4.83 Å².